The fourth-order valence-corrected chi connectivity index (χ4v) is 7.69. The van der Waals surface area contributed by atoms with Gasteiger partial charge >= 0.3 is 12.1 Å². The van der Waals surface area contributed by atoms with E-state index in [1.807, 2.05) is 78.9 Å². The topological polar surface area (TPSA) is 66.8 Å². The third-order valence-electron chi connectivity index (χ3n) is 8.14. The molecule has 0 spiro atoms. The molecule has 1 N–H and O–H groups in total. The van der Waals surface area contributed by atoms with Gasteiger partial charge in [-0.3, -0.25) is 9.69 Å². The average Bonchev–Trinajstić information content (AvgIpc) is 3.39. The van der Waals surface area contributed by atoms with Crippen LogP contribution in [0.4, 0.5) is 4.79 Å². The lowest BCUT2D eigenvalue weighted by Crippen LogP contribution is -2.39. The van der Waals surface area contributed by atoms with Gasteiger partial charge in [0, 0.05) is 18.2 Å². The van der Waals surface area contributed by atoms with Crippen molar-refractivity contribution >= 4 is 23.8 Å². The number of carbonyl (C=O) groups excluding carboxylic acids is 1. The first-order chi connectivity index (χ1) is 21.6. The molecule has 0 unspecified atom stereocenters. The van der Waals surface area contributed by atoms with Crippen molar-refractivity contribution in [2.45, 2.75) is 10.7 Å². The minimum absolute atomic E-state index is 0.103. The second-order valence-electron chi connectivity index (χ2n) is 10.7. The molecule has 1 amide bonds. The Kier molecular flexibility index (Phi) is 8.80. The molecular formula is C38H33NO4S. The van der Waals surface area contributed by atoms with Gasteiger partial charge in [-0.2, -0.15) is 0 Å². The molecule has 220 valence electrons. The number of rotatable bonds is 11. The number of carboxylic acid groups (broad SMARTS) is 1. The van der Waals surface area contributed by atoms with Crippen LogP contribution in [0.25, 0.3) is 11.1 Å². The summed E-state index contributed by atoms with van der Waals surface area (Å²) in [4.78, 5) is 26.6. The van der Waals surface area contributed by atoms with E-state index in [1.165, 1.54) is 4.90 Å². The van der Waals surface area contributed by atoms with E-state index in [4.69, 9.17) is 4.74 Å². The molecular weight excluding hydrogens is 566 g/mol. The molecule has 0 fully saturated rings. The zero-order valence-electron chi connectivity index (χ0n) is 24.2. The first-order valence-corrected chi connectivity index (χ1v) is 15.7. The van der Waals surface area contributed by atoms with E-state index in [1.54, 1.807) is 11.8 Å². The molecule has 5 nitrogen and oxygen atoms in total. The highest BCUT2D eigenvalue weighted by Gasteiger charge is 2.37. The van der Waals surface area contributed by atoms with Crippen LogP contribution in [-0.2, 0) is 14.3 Å². The number of nitrogens with zero attached hydrogens (tertiary/aromatic N) is 1. The van der Waals surface area contributed by atoms with Gasteiger partial charge in [0.1, 0.15) is 13.2 Å². The lowest BCUT2D eigenvalue weighted by Gasteiger charge is -2.36. The molecule has 5 aromatic carbocycles. The highest BCUT2D eigenvalue weighted by atomic mass is 32.2. The van der Waals surface area contributed by atoms with Gasteiger partial charge in [0.2, 0.25) is 0 Å². The number of aliphatic carboxylic acids is 1. The van der Waals surface area contributed by atoms with E-state index < -0.39 is 23.4 Å². The number of amides is 1. The Morgan fingerprint density at radius 1 is 0.659 bits per heavy atom. The molecule has 0 saturated heterocycles. The summed E-state index contributed by atoms with van der Waals surface area (Å²) in [5, 5.41) is 9.71. The van der Waals surface area contributed by atoms with Crippen molar-refractivity contribution in [1.29, 1.82) is 0 Å². The SMILES string of the molecule is O=C(O)CN(CCSC(c1ccccc1)(c1ccccc1)c1ccccc1)C(=O)OCC1c2ccccc2-c2ccccc21. The van der Waals surface area contributed by atoms with E-state index in [0.29, 0.717) is 5.75 Å². The largest absolute Gasteiger partial charge is 0.480 e. The van der Waals surface area contributed by atoms with Crippen molar-refractivity contribution in [3.63, 3.8) is 0 Å². The number of fused-ring (bicyclic) bond motifs is 3. The van der Waals surface area contributed by atoms with E-state index in [9.17, 15) is 14.7 Å². The molecule has 44 heavy (non-hydrogen) atoms. The summed E-state index contributed by atoms with van der Waals surface area (Å²) in [6, 6.07) is 47.2. The second-order valence-corrected chi connectivity index (χ2v) is 12.1. The quantitative estimate of drug-likeness (QED) is 0.156. The highest BCUT2D eigenvalue weighted by Crippen LogP contribution is 2.48. The van der Waals surface area contributed by atoms with Crippen LogP contribution in [0.5, 0.6) is 0 Å². The lowest BCUT2D eigenvalue weighted by atomic mass is 9.84. The normalized spacial score (nSPS) is 12.3. The standard InChI is InChI=1S/C38H33NO4S/c40-36(41)26-39(37(42)43-27-35-33-22-12-10-20-31(33)32-21-11-13-23-34(32)35)24-25-44-38(28-14-4-1-5-15-28,29-16-6-2-7-17-29)30-18-8-3-9-19-30/h1-23,35H,24-27H2,(H,40,41). The van der Waals surface area contributed by atoms with Crippen molar-refractivity contribution in [1.82, 2.24) is 4.90 Å². The first-order valence-electron chi connectivity index (χ1n) is 14.7. The minimum Gasteiger partial charge on any atom is -0.480 e. The van der Waals surface area contributed by atoms with Gasteiger partial charge in [0.05, 0.1) is 4.75 Å². The van der Waals surface area contributed by atoms with Crippen molar-refractivity contribution in [3.05, 3.63) is 167 Å². The third-order valence-corrected chi connectivity index (χ3v) is 9.67. The Morgan fingerprint density at radius 2 is 1.09 bits per heavy atom. The number of benzene rings is 5. The Labute approximate surface area is 262 Å². The van der Waals surface area contributed by atoms with Gasteiger partial charge < -0.3 is 9.84 Å². The van der Waals surface area contributed by atoms with Crippen LogP contribution in [0.3, 0.4) is 0 Å². The molecule has 6 rings (SSSR count). The van der Waals surface area contributed by atoms with Crippen molar-refractivity contribution < 1.29 is 19.4 Å². The maximum atomic E-state index is 13.5. The second kappa shape index (κ2) is 13.2. The van der Waals surface area contributed by atoms with Gasteiger partial charge in [-0.1, -0.05) is 140 Å². The molecule has 0 aromatic heterocycles. The van der Waals surface area contributed by atoms with Gasteiger partial charge in [-0.15, -0.1) is 11.8 Å². The number of hydrogen-bond donors (Lipinski definition) is 1. The molecule has 1 aliphatic carbocycles. The summed E-state index contributed by atoms with van der Waals surface area (Å²) in [6.07, 6.45) is -0.625. The van der Waals surface area contributed by atoms with E-state index in [0.717, 1.165) is 38.9 Å². The van der Waals surface area contributed by atoms with Crippen LogP contribution in [0, 0.1) is 0 Å². The van der Waals surface area contributed by atoms with Crippen LogP contribution in [-0.4, -0.2) is 47.5 Å². The molecule has 0 atom stereocenters. The van der Waals surface area contributed by atoms with Crippen molar-refractivity contribution in [2.75, 3.05) is 25.4 Å². The monoisotopic (exact) mass is 599 g/mol. The first kappa shape index (κ1) is 29.3. The van der Waals surface area contributed by atoms with Gasteiger partial charge in [-0.25, -0.2) is 4.79 Å². The van der Waals surface area contributed by atoms with E-state index in [2.05, 4.69) is 60.7 Å². The molecule has 6 heteroatoms. The zero-order chi connectivity index (χ0) is 30.4. The van der Waals surface area contributed by atoms with Gasteiger partial charge in [0.15, 0.2) is 0 Å². The van der Waals surface area contributed by atoms with Crippen LogP contribution < -0.4 is 0 Å². The predicted octanol–water partition coefficient (Wildman–Crippen LogP) is 8.05. The van der Waals surface area contributed by atoms with E-state index >= 15 is 0 Å². The van der Waals surface area contributed by atoms with Gasteiger partial charge in [0.25, 0.3) is 0 Å². The predicted molar refractivity (Wildman–Crippen MR) is 176 cm³/mol. The molecule has 1 aliphatic rings. The van der Waals surface area contributed by atoms with Crippen LogP contribution >= 0.6 is 11.8 Å². The lowest BCUT2D eigenvalue weighted by molar-refractivity contribution is -0.137. The fraction of sp³-hybridized carbons (Fsp3) is 0.158. The Balaban J connectivity index is 1.23. The van der Waals surface area contributed by atoms with Crippen LogP contribution in [0.15, 0.2) is 140 Å². The third kappa shape index (κ3) is 5.86. The number of thioether (sulfide) groups is 1. The minimum atomic E-state index is -1.08. The number of hydrogen-bond acceptors (Lipinski definition) is 4. The average molecular weight is 600 g/mol. The summed E-state index contributed by atoms with van der Waals surface area (Å²) in [7, 11) is 0. The van der Waals surface area contributed by atoms with E-state index in [-0.39, 0.29) is 19.1 Å². The molecule has 0 saturated carbocycles. The fourth-order valence-electron chi connectivity index (χ4n) is 6.16. The molecule has 0 radical (unpaired) electrons. The van der Waals surface area contributed by atoms with Crippen molar-refractivity contribution in [3.8, 4) is 11.1 Å². The summed E-state index contributed by atoms with van der Waals surface area (Å²) < 4.78 is 5.28. The molecule has 5 aromatic rings. The van der Waals surface area contributed by atoms with Crippen molar-refractivity contribution in [2.24, 2.45) is 0 Å². The highest BCUT2D eigenvalue weighted by molar-refractivity contribution is 8.00. The maximum Gasteiger partial charge on any atom is 0.410 e. The van der Waals surface area contributed by atoms with Gasteiger partial charge in [-0.05, 0) is 38.9 Å². The molecule has 0 aliphatic heterocycles. The van der Waals surface area contributed by atoms with Crippen LogP contribution in [0.2, 0.25) is 0 Å². The van der Waals surface area contributed by atoms with Crippen LogP contribution in [0.1, 0.15) is 33.7 Å². The summed E-state index contributed by atoms with van der Waals surface area (Å²) in [5.41, 5.74) is 7.82. The Hall–Kier alpha value is -4.81. The maximum absolute atomic E-state index is 13.5. The molecule has 0 heterocycles. The summed E-state index contributed by atoms with van der Waals surface area (Å²) in [6.45, 7) is -0.0910. The Bertz CT molecular complexity index is 1580. The zero-order valence-corrected chi connectivity index (χ0v) is 25.0. The number of carboxylic acids is 1. The summed E-state index contributed by atoms with van der Waals surface area (Å²) >= 11 is 1.68. The summed E-state index contributed by atoms with van der Waals surface area (Å²) in [5.74, 6) is -0.700. The number of ether oxygens (including phenoxy) is 1. The molecule has 0 bridgehead atoms. The number of carbonyl (C=O) groups is 2. The Morgan fingerprint density at radius 3 is 1.55 bits per heavy atom. The smallest absolute Gasteiger partial charge is 0.410 e.